The molecule has 0 unspecified atom stereocenters. The van der Waals surface area contributed by atoms with Crippen LogP contribution in [0.15, 0.2) is 22.8 Å². The van der Waals surface area contributed by atoms with E-state index in [4.69, 9.17) is 14.2 Å². The zero-order valence-corrected chi connectivity index (χ0v) is 22.3. The number of carbonyl (C=O) groups excluding carboxylic acids is 2. The molecular formula is C27H28F3N3O8. The molecule has 1 N–H and O–H groups in total. The van der Waals surface area contributed by atoms with E-state index in [1.165, 1.54) is 9.47 Å². The van der Waals surface area contributed by atoms with Gasteiger partial charge in [-0.15, -0.1) is 0 Å². The Balaban J connectivity index is 1.58. The van der Waals surface area contributed by atoms with Crippen molar-refractivity contribution in [2.24, 2.45) is 0 Å². The Morgan fingerprint density at radius 2 is 1.78 bits per heavy atom. The number of halogens is 3. The summed E-state index contributed by atoms with van der Waals surface area (Å²) in [6.07, 6.45) is 2.37. The molecule has 1 aromatic heterocycles. The van der Waals surface area contributed by atoms with Crippen LogP contribution in [0.25, 0.3) is 10.9 Å². The van der Waals surface area contributed by atoms with E-state index in [0.717, 1.165) is 12.3 Å². The van der Waals surface area contributed by atoms with Crippen molar-refractivity contribution in [1.29, 1.82) is 0 Å². The minimum atomic E-state index is -1.65. The fourth-order valence-electron chi connectivity index (χ4n) is 5.48. The molecule has 11 nitrogen and oxygen atoms in total. The van der Waals surface area contributed by atoms with Crippen molar-refractivity contribution < 1.29 is 46.9 Å². The van der Waals surface area contributed by atoms with Crippen LogP contribution in [0, 0.1) is 17.5 Å². The van der Waals surface area contributed by atoms with Crippen molar-refractivity contribution in [3.05, 3.63) is 51.2 Å². The zero-order chi connectivity index (χ0) is 29.6. The van der Waals surface area contributed by atoms with Crippen molar-refractivity contribution in [2.75, 3.05) is 44.4 Å². The number of fused-ring (bicyclic) bond motifs is 2. The maximum atomic E-state index is 16.2. The third-order valence-electron chi connectivity index (χ3n) is 7.39. The maximum Gasteiger partial charge on any atom is 0.354 e. The molecule has 0 amide bonds. The van der Waals surface area contributed by atoms with Crippen LogP contribution in [0.1, 0.15) is 43.1 Å². The topological polar surface area (TPSA) is 128 Å². The Hall–Kier alpha value is -4.07. The highest BCUT2D eigenvalue weighted by Crippen LogP contribution is 2.41. The SMILES string of the molecule is CCOC(=O)/C=C(/C(=O)OCC)N1CCO[C@@H]2CN(c3c(F)c(F)c4c(=O)c(C(=O)O)cn(C5CC5)c4c3F)C[C@@H]21. The summed E-state index contributed by atoms with van der Waals surface area (Å²) in [7, 11) is 0. The van der Waals surface area contributed by atoms with E-state index < -0.39 is 75.1 Å². The molecule has 2 aromatic rings. The second-order valence-corrected chi connectivity index (χ2v) is 9.91. The van der Waals surface area contributed by atoms with Crippen LogP contribution in [-0.2, 0) is 23.8 Å². The lowest BCUT2D eigenvalue weighted by Crippen LogP contribution is -2.51. The van der Waals surface area contributed by atoms with E-state index in [1.807, 2.05) is 0 Å². The zero-order valence-electron chi connectivity index (χ0n) is 22.3. The molecule has 2 aliphatic heterocycles. The minimum absolute atomic E-state index is 0.0304. The van der Waals surface area contributed by atoms with E-state index in [0.29, 0.717) is 12.8 Å². The molecule has 0 bridgehead atoms. The summed E-state index contributed by atoms with van der Waals surface area (Å²) in [5.74, 6) is -7.71. The fraction of sp³-hybridized carbons (Fsp3) is 0.481. The second-order valence-electron chi connectivity index (χ2n) is 9.91. The molecule has 5 rings (SSSR count). The van der Waals surface area contributed by atoms with Crippen LogP contribution >= 0.6 is 0 Å². The van der Waals surface area contributed by atoms with Crippen LogP contribution in [0.3, 0.4) is 0 Å². The molecular weight excluding hydrogens is 551 g/mol. The van der Waals surface area contributed by atoms with E-state index in [-0.39, 0.29) is 51.2 Å². The highest BCUT2D eigenvalue weighted by atomic mass is 19.2. The number of carboxylic acids is 1. The van der Waals surface area contributed by atoms with E-state index in [9.17, 15) is 24.3 Å². The quantitative estimate of drug-likeness (QED) is 0.283. The van der Waals surface area contributed by atoms with Crippen LogP contribution < -0.4 is 10.3 Å². The lowest BCUT2D eigenvalue weighted by Gasteiger charge is -2.38. The number of carbonyl (C=O) groups is 3. The van der Waals surface area contributed by atoms with E-state index in [2.05, 4.69) is 0 Å². The highest BCUT2D eigenvalue weighted by Gasteiger charge is 2.45. The van der Waals surface area contributed by atoms with Gasteiger partial charge in [0.05, 0.1) is 48.9 Å². The molecule has 41 heavy (non-hydrogen) atoms. The predicted octanol–water partition coefficient (Wildman–Crippen LogP) is 2.35. The van der Waals surface area contributed by atoms with Crippen LogP contribution in [-0.4, -0.2) is 84.1 Å². The highest BCUT2D eigenvalue weighted by molar-refractivity contribution is 5.96. The summed E-state index contributed by atoms with van der Waals surface area (Å²) in [4.78, 5) is 52.2. The Morgan fingerprint density at radius 1 is 1.07 bits per heavy atom. The van der Waals surface area contributed by atoms with Crippen LogP contribution in [0.2, 0.25) is 0 Å². The van der Waals surface area contributed by atoms with E-state index in [1.54, 1.807) is 18.7 Å². The van der Waals surface area contributed by atoms with Crippen molar-refractivity contribution >= 4 is 34.5 Å². The number of nitrogens with zero attached hydrogens (tertiary/aromatic N) is 3. The second kappa shape index (κ2) is 11.1. The van der Waals surface area contributed by atoms with Gasteiger partial charge in [-0.3, -0.25) is 4.79 Å². The summed E-state index contributed by atoms with van der Waals surface area (Å²) in [6.45, 7) is 3.33. The van der Waals surface area contributed by atoms with Gasteiger partial charge < -0.3 is 33.7 Å². The van der Waals surface area contributed by atoms with Gasteiger partial charge in [-0.25, -0.2) is 27.6 Å². The lowest BCUT2D eigenvalue weighted by atomic mass is 10.1. The Kier molecular flexibility index (Phi) is 7.68. The number of rotatable bonds is 8. The van der Waals surface area contributed by atoms with Gasteiger partial charge in [0.25, 0.3) is 0 Å². The van der Waals surface area contributed by atoms with Crippen molar-refractivity contribution in [2.45, 2.75) is 44.9 Å². The first-order valence-corrected chi connectivity index (χ1v) is 13.3. The predicted molar refractivity (Wildman–Crippen MR) is 137 cm³/mol. The minimum Gasteiger partial charge on any atom is -0.477 e. The summed E-state index contributed by atoms with van der Waals surface area (Å²) < 4.78 is 64.3. The number of hydrogen-bond acceptors (Lipinski definition) is 9. The summed E-state index contributed by atoms with van der Waals surface area (Å²) in [5, 5.41) is 8.47. The summed E-state index contributed by atoms with van der Waals surface area (Å²) in [5.41, 5.74) is -3.47. The summed E-state index contributed by atoms with van der Waals surface area (Å²) >= 11 is 0. The lowest BCUT2D eigenvalue weighted by molar-refractivity contribution is -0.144. The average Bonchev–Trinajstić information content (AvgIpc) is 3.68. The monoisotopic (exact) mass is 579 g/mol. The maximum absolute atomic E-state index is 16.2. The van der Waals surface area contributed by atoms with Crippen LogP contribution in [0.5, 0.6) is 0 Å². The van der Waals surface area contributed by atoms with Crippen molar-refractivity contribution in [3.63, 3.8) is 0 Å². The van der Waals surface area contributed by atoms with Gasteiger partial charge in [0.1, 0.15) is 16.9 Å². The number of aromatic nitrogens is 1. The number of carboxylic acid groups (broad SMARTS) is 1. The Morgan fingerprint density at radius 3 is 2.41 bits per heavy atom. The van der Waals surface area contributed by atoms with Gasteiger partial charge >= 0.3 is 17.9 Å². The number of morpholine rings is 1. The first kappa shape index (κ1) is 28.5. The number of benzene rings is 1. The molecule has 220 valence electrons. The molecule has 0 radical (unpaired) electrons. The molecule has 1 aromatic carbocycles. The summed E-state index contributed by atoms with van der Waals surface area (Å²) in [6, 6.07) is -1.06. The number of pyridine rings is 1. The van der Waals surface area contributed by atoms with Crippen LogP contribution in [0.4, 0.5) is 18.9 Å². The third kappa shape index (κ3) is 5.00. The third-order valence-corrected chi connectivity index (χ3v) is 7.39. The number of hydrogen-bond donors (Lipinski definition) is 1. The Labute approximate surface area is 231 Å². The molecule has 2 atom stereocenters. The first-order chi connectivity index (χ1) is 19.6. The number of ether oxygens (including phenoxy) is 3. The number of esters is 2. The fourth-order valence-corrected chi connectivity index (χ4v) is 5.48. The van der Waals surface area contributed by atoms with Gasteiger partial charge in [-0.1, -0.05) is 0 Å². The number of anilines is 1. The molecule has 1 aliphatic carbocycles. The molecule has 2 saturated heterocycles. The molecule has 3 heterocycles. The molecule has 0 spiro atoms. The number of aromatic carboxylic acids is 1. The normalized spacial score (nSPS) is 20.8. The van der Waals surface area contributed by atoms with Gasteiger partial charge in [0.15, 0.2) is 17.5 Å². The average molecular weight is 580 g/mol. The van der Waals surface area contributed by atoms with Gasteiger partial charge in [0.2, 0.25) is 5.43 Å². The molecule has 1 saturated carbocycles. The molecule has 14 heteroatoms. The molecule has 3 fully saturated rings. The van der Waals surface area contributed by atoms with Crippen molar-refractivity contribution in [3.8, 4) is 0 Å². The largest absolute Gasteiger partial charge is 0.477 e. The standard InChI is InChI=1S/C27H28F3N3O8/c1-3-39-18(34)9-15(27(38)40-4-2)32-7-8-41-17-12-31(11-16(17)32)24-21(29)20(28)19-23(22(24)30)33(13-5-6-13)10-14(25(19)35)26(36)37/h9-10,13,16-17H,3-8,11-12H2,1-2H3,(H,36,37)/b15-9-/t16-,17+/m0/s1. The smallest absolute Gasteiger partial charge is 0.354 e. The first-order valence-electron chi connectivity index (χ1n) is 13.3. The van der Waals surface area contributed by atoms with E-state index >= 15 is 13.2 Å². The van der Waals surface area contributed by atoms with Gasteiger partial charge in [-0.2, -0.15) is 0 Å². The molecule has 3 aliphatic rings. The Bertz CT molecular complexity index is 1520. The van der Waals surface area contributed by atoms with Gasteiger partial charge in [-0.05, 0) is 26.7 Å². The van der Waals surface area contributed by atoms with Crippen molar-refractivity contribution in [1.82, 2.24) is 9.47 Å². The van der Waals surface area contributed by atoms with Gasteiger partial charge in [0, 0.05) is 31.9 Å².